The summed E-state index contributed by atoms with van der Waals surface area (Å²) in [5.74, 6) is 1.13. The molecule has 3 aromatic carbocycles. The minimum absolute atomic E-state index is 0.0864. The average molecular weight is 540 g/mol. The summed E-state index contributed by atoms with van der Waals surface area (Å²) in [4.78, 5) is 30.7. The van der Waals surface area contributed by atoms with Crippen molar-refractivity contribution in [3.8, 4) is 22.6 Å². The molecule has 1 aliphatic carbocycles. The largest absolute Gasteiger partial charge is 0.454 e. The Morgan fingerprint density at radius 1 is 1.02 bits per heavy atom. The van der Waals surface area contributed by atoms with Gasteiger partial charge in [-0.05, 0) is 71.8 Å². The van der Waals surface area contributed by atoms with Gasteiger partial charge in [-0.1, -0.05) is 36.9 Å². The van der Waals surface area contributed by atoms with Gasteiger partial charge in [0.2, 0.25) is 12.7 Å². The second kappa shape index (κ2) is 10.0. The molecule has 1 saturated carbocycles. The smallest absolute Gasteiger partial charge is 0.254 e. The van der Waals surface area contributed by atoms with Crippen LogP contribution in [-0.4, -0.2) is 66.8 Å². The maximum Gasteiger partial charge on any atom is 0.254 e. The van der Waals surface area contributed by atoms with Crippen molar-refractivity contribution in [3.05, 3.63) is 83.9 Å². The summed E-state index contributed by atoms with van der Waals surface area (Å²) < 4.78 is 11.0. The third-order valence-electron chi connectivity index (χ3n) is 8.14. The summed E-state index contributed by atoms with van der Waals surface area (Å²) in [6.45, 7) is 5.15. The molecule has 2 amide bonds. The molecule has 8 heteroatoms. The van der Waals surface area contributed by atoms with E-state index in [0.29, 0.717) is 42.3 Å². The Kier molecular flexibility index (Phi) is 6.50. The van der Waals surface area contributed by atoms with Crippen LogP contribution in [0.5, 0.6) is 11.5 Å². The van der Waals surface area contributed by atoms with Crippen molar-refractivity contribution in [1.29, 1.82) is 0 Å². The molecule has 0 unspecified atom stereocenters. The van der Waals surface area contributed by atoms with Gasteiger partial charge in [-0.15, -0.1) is 0 Å². The van der Waals surface area contributed by atoms with Crippen LogP contribution >= 0.6 is 0 Å². The SMILES string of the molecule is C=C(c1ccc(-c2cc(NC(=O)C3(c4ccc5c(c4)OCO5)CC3)ccc2C(=O)N2CC[C@@H](O)C2)cc1)N(C)C. The Morgan fingerprint density at radius 3 is 2.45 bits per heavy atom. The van der Waals surface area contributed by atoms with Gasteiger partial charge < -0.3 is 29.7 Å². The Morgan fingerprint density at radius 2 is 1.77 bits per heavy atom. The predicted molar refractivity (Wildman–Crippen MR) is 153 cm³/mol. The predicted octanol–water partition coefficient (Wildman–Crippen LogP) is 4.49. The lowest BCUT2D eigenvalue weighted by Crippen LogP contribution is -2.30. The molecule has 3 aliphatic rings. The monoisotopic (exact) mass is 539 g/mol. The van der Waals surface area contributed by atoms with E-state index in [-0.39, 0.29) is 18.6 Å². The Balaban J connectivity index is 1.31. The molecule has 40 heavy (non-hydrogen) atoms. The fraction of sp³-hybridized carbons (Fsp3) is 0.312. The second-order valence-electron chi connectivity index (χ2n) is 11.0. The zero-order valence-corrected chi connectivity index (χ0v) is 22.8. The summed E-state index contributed by atoms with van der Waals surface area (Å²) in [5.41, 5.74) is 4.88. The first-order chi connectivity index (χ1) is 19.2. The van der Waals surface area contributed by atoms with E-state index in [1.807, 2.05) is 67.5 Å². The summed E-state index contributed by atoms with van der Waals surface area (Å²) >= 11 is 0. The zero-order valence-electron chi connectivity index (χ0n) is 22.8. The third-order valence-corrected chi connectivity index (χ3v) is 8.14. The molecule has 0 spiro atoms. The summed E-state index contributed by atoms with van der Waals surface area (Å²) in [6, 6.07) is 19.0. The second-order valence-corrected chi connectivity index (χ2v) is 11.0. The molecule has 2 heterocycles. The summed E-state index contributed by atoms with van der Waals surface area (Å²) in [6.07, 6.45) is 1.55. The fourth-order valence-corrected chi connectivity index (χ4v) is 5.46. The number of carbonyl (C=O) groups excluding carboxylic acids is 2. The number of rotatable bonds is 7. The van der Waals surface area contributed by atoms with Gasteiger partial charge in [0.25, 0.3) is 5.91 Å². The number of hydrogen-bond acceptors (Lipinski definition) is 6. The van der Waals surface area contributed by atoms with E-state index in [9.17, 15) is 14.7 Å². The zero-order chi connectivity index (χ0) is 28.0. The topological polar surface area (TPSA) is 91.3 Å². The van der Waals surface area contributed by atoms with E-state index in [2.05, 4.69) is 11.9 Å². The van der Waals surface area contributed by atoms with E-state index in [1.165, 1.54) is 0 Å². The number of benzene rings is 3. The minimum Gasteiger partial charge on any atom is -0.454 e. The summed E-state index contributed by atoms with van der Waals surface area (Å²) in [5, 5.41) is 13.1. The first kappa shape index (κ1) is 26.0. The highest BCUT2D eigenvalue weighted by atomic mass is 16.7. The lowest BCUT2D eigenvalue weighted by Gasteiger charge is -2.21. The molecule has 206 valence electrons. The number of likely N-dealkylation sites (tertiary alicyclic amines) is 1. The number of carbonyl (C=O) groups is 2. The highest BCUT2D eigenvalue weighted by molar-refractivity contribution is 6.05. The maximum absolute atomic E-state index is 13.6. The van der Waals surface area contributed by atoms with Crippen LogP contribution in [0.4, 0.5) is 5.69 Å². The number of hydrogen-bond donors (Lipinski definition) is 2. The lowest BCUT2D eigenvalue weighted by molar-refractivity contribution is -0.118. The number of fused-ring (bicyclic) bond motifs is 1. The summed E-state index contributed by atoms with van der Waals surface area (Å²) in [7, 11) is 3.89. The van der Waals surface area contributed by atoms with Gasteiger partial charge in [0.1, 0.15) is 0 Å². The molecular formula is C32H33N3O5. The quantitative estimate of drug-likeness (QED) is 0.460. The van der Waals surface area contributed by atoms with Crippen LogP contribution in [0.25, 0.3) is 16.8 Å². The molecule has 0 radical (unpaired) electrons. The van der Waals surface area contributed by atoms with E-state index in [0.717, 1.165) is 40.8 Å². The molecule has 2 fully saturated rings. The molecule has 3 aromatic rings. The van der Waals surface area contributed by atoms with E-state index in [4.69, 9.17) is 9.47 Å². The third kappa shape index (κ3) is 4.69. The number of ether oxygens (including phenoxy) is 2. The van der Waals surface area contributed by atoms with Crippen LogP contribution in [0.1, 0.15) is 40.7 Å². The van der Waals surface area contributed by atoms with Crippen molar-refractivity contribution < 1.29 is 24.2 Å². The maximum atomic E-state index is 13.6. The van der Waals surface area contributed by atoms with Crippen LogP contribution in [0.3, 0.4) is 0 Å². The van der Waals surface area contributed by atoms with Crippen molar-refractivity contribution >= 4 is 23.2 Å². The molecule has 0 bridgehead atoms. The molecule has 1 atom stereocenters. The van der Waals surface area contributed by atoms with Gasteiger partial charge >= 0.3 is 0 Å². The van der Waals surface area contributed by atoms with Crippen molar-refractivity contribution in [3.63, 3.8) is 0 Å². The van der Waals surface area contributed by atoms with Gasteiger partial charge in [0, 0.05) is 44.1 Å². The van der Waals surface area contributed by atoms with Crippen LogP contribution < -0.4 is 14.8 Å². The number of nitrogens with zero attached hydrogens (tertiary/aromatic N) is 2. The first-order valence-corrected chi connectivity index (χ1v) is 13.6. The fourth-order valence-electron chi connectivity index (χ4n) is 5.46. The first-order valence-electron chi connectivity index (χ1n) is 13.6. The number of nitrogens with one attached hydrogen (secondary N) is 1. The Bertz CT molecular complexity index is 1490. The molecular weight excluding hydrogens is 506 g/mol. The van der Waals surface area contributed by atoms with E-state index >= 15 is 0 Å². The van der Waals surface area contributed by atoms with Crippen molar-refractivity contribution in [1.82, 2.24) is 9.80 Å². The number of aliphatic hydroxyl groups excluding tert-OH is 1. The lowest BCUT2D eigenvalue weighted by atomic mass is 9.93. The van der Waals surface area contributed by atoms with Crippen LogP contribution in [0.15, 0.2) is 67.2 Å². The number of anilines is 1. The molecule has 1 saturated heterocycles. The number of β-amino-alcohol motifs (C(OH)–C–C–N with tert-alkyl or cyclic N) is 1. The number of aliphatic hydroxyl groups is 1. The van der Waals surface area contributed by atoms with Crippen molar-refractivity contribution in [2.45, 2.75) is 30.8 Å². The minimum atomic E-state index is -0.616. The van der Waals surface area contributed by atoms with Crippen LogP contribution in [0, 0.1) is 0 Å². The van der Waals surface area contributed by atoms with Gasteiger partial charge in [-0.3, -0.25) is 9.59 Å². The highest BCUT2D eigenvalue weighted by Crippen LogP contribution is 2.51. The van der Waals surface area contributed by atoms with Gasteiger partial charge in [0.15, 0.2) is 11.5 Å². The van der Waals surface area contributed by atoms with Crippen molar-refractivity contribution in [2.75, 3.05) is 39.3 Å². The Hall–Kier alpha value is -4.30. The van der Waals surface area contributed by atoms with Crippen LogP contribution in [-0.2, 0) is 10.2 Å². The van der Waals surface area contributed by atoms with Gasteiger partial charge in [0.05, 0.1) is 11.5 Å². The average Bonchev–Trinajstić information content (AvgIpc) is 3.44. The molecule has 6 rings (SSSR count). The molecule has 8 nitrogen and oxygen atoms in total. The van der Waals surface area contributed by atoms with Gasteiger partial charge in [-0.2, -0.15) is 0 Å². The molecule has 2 N–H and O–H groups in total. The standard InChI is InChI=1S/C32H33N3O5/c1-20(34(2)3)21-4-6-22(7-5-21)27-17-24(9-10-26(27)30(37)35-15-12-25(36)18-35)33-31(38)32(13-14-32)23-8-11-28-29(16-23)40-19-39-28/h4-11,16-17,25,36H,1,12-15,18-19H2,2-3H3,(H,33,38)/t25-/m1/s1. The normalized spacial score (nSPS) is 18.4. The van der Waals surface area contributed by atoms with Crippen LogP contribution in [0.2, 0.25) is 0 Å². The molecule has 0 aromatic heterocycles. The van der Waals surface area contributed by atoms with Gasteiger partial charge in [-0.25, -0.2) is 0 Å². The van der Waals surface area contributed by atoms with E-state index < -0.39 is 11.5 Å². The Labute approximate surface area is 233 Å². The van der Waals surface area contributed by atoms with Crippen molar-refractivity contribution in [2.24, 2.45) is 0 Å². The highest BCUT2D eigenvalue weighted by Gasteiger charge is 2.51. The number of amides is 2. The molecule has 2 aliphatic heterocycles. The van der Waals surface area contributed by atoms with E-state index in [1.54, 1.807) is 17.0 Å².